The van der Waals surface area contributed by atoms with Crippen LogP contribution < -0.4 is 14.8 Å². The summed E-state index contributed by atoms with van der Waals surface area (Å²) < 4.78 is 47.8. The summed E-state index contributed by atoms with van der Waals surface area (Å²) in [5.41, 5.74) is 0.816. The molecule has 29 heavy (non-hydrogen) atoms. The average Bonchev–Trinajstić information content (AvgIpc) is 2.60. The van der Waals surface area contributed by atoms with Crippen LogP contribution >= 0.6 is 15.9 Å². The van der Waals surface area contributed by atoms with Crippen molar-refractivity contribution in [2.75, 3.05) is 32.3 Å². The first-order valence-corrected chi connectivity index (χ1v) is 11.2. The van der Waals surface area contributed by atoms with Gasteiger partial charge in [-0.1, -0.05) is 0 Å². The maximum absolute atomic E-state index is 11.8. The van der Waals surface area contributed by atoms with Crippen LogP contribution in [0.4, 0.5) is 9.59 Å². The highest BCUT2D eigenvalue weighted by Crippen LogP contribution is 2.32. The highest BCUT2D eigenvalue weighted by molar-refractivity contribution is 9.10. The molecule has 1 aromatic carbocycles. The zero-order chi connectivity index (χ0) is 21.6. The Morgan fingerprint density at radius 1 is 1.17 bits per heavy atom. The van der Waals surface area contributed by atoms with Crippen LogP contribution in [0.5, 0.6) is 11.5 Å². The van der Waals surface area contributed by atoms with Crippen LogP contribution in [0.2, 0.25) is 0 Å². The van der Waals surface area contributed by atoms with Gasteiger partial charge in [-0.25, -0.2) is 18.0 Å². The maximum Gasteiger partial charge on any atom is 0.511 e. The number of rotatable bonds is 8. The van der Waals surface area contributed by atoms with Crippen molar-refractivity contribution < 1.29 is 41.7 Å². The predicted molar refractivity (Wildman–Crippen MR) is 105 cm³/mol. The fourth-order valence-corrected chi connectivity index (χ4v) is 4.18. The minimum atomic E-state index is -3.12. The zero-order valence-electron chi connectivity index (χ0n) is 16.1. The van der Waals surface area contributed by atoms with E-state index in [1.807, 2.05) is 0 Å². The summed E-state index contributed by atoms with van der Waals surface area (Å²) >= 11 is 3.37. The molecule has 0 radical (unpaired) electrons. The van der Waals surface area contributed by atoms with Gasteiger partial charge in [0.2, 0.25) is 6.29 Å². The molecule has 1 amide bonds. The number of nitrogens with one attached hydrogen (secondary N) is 1. The molecule has 10 nitrogen and oxygen atoms in total. The number of hydrogen-bond donors (Lipinski definition) is 1. The van der Waals surface area contributed by atoms with Gasteiger partial charge in [-0.3, -0.25) is 0 Å². The van der Waals surface area contributed by atoms with Crippen molar-refractivity contribution in [3.8, 4) is 11.5 Å². The smallest absolute Gasteiger partial charge is 0.496 e. The van der Waals surface area contributed by atoms with Crippen molar-refractivity contribution in [3.05, 3.63) is 22.2 Å². The molecule has 1 atom stereocenters. The zero-order valence-corrected chi connectivity index (χ0v) is 18.5. The van der Waals surface area contributed by atoms with Gasteiger partial charge in [0.05, 0.1) is 30.2 Å². The summed E-state index contributed by atoms with van der Waals surface area (Å²) in [6.07, 6.45) is -3.39. The molecule has 0 bridgehead atoms. The van der Waals surface area contributed by atoms with Crippen molar-refractivity contribution in [3.63, 3.8) is 0 Å². The molecule has 1 aliphatic heterocycles. The first-order valence-electron chi connectivity index (χ1n) is 8.56. The number of alkyl carbamates (subject to hydrolysis) is 1. The molecule has 162 valence electrons. The fraction of sp³-hybridized carbons (Fsp3) is 0.529. The Morgan fingerprint density at radius 2 is 1.83 bits per heavy atom. The van der Waals surface area contributed by atoms with E-state index in [4.69, 9.17) is 23.7 Å². The Labute approximate surface area is 176 Å². The van der Waals surface area contributed by atoms with E-state index >= 15 is 0 Å². The summed E-state index contributed by atoms with van der Waals surface area (Å²) in [6.45, 7) is 1.57. The molecule has 1 saturated heterocycles. The van der Waals surface area contributed by atoms with Crippen LogP contribution in [-0.2, 0) is 30.5 Å². The van der Waals surface area contributed by atoms with Crippen molar-refractivity contribution in [1.82, 2.24) is 5.32 Å². The third-order valence-electron chi connectivity index (χ3n) is 3.90. The third kappa shape index (κ3) is 6.96. The second kappa shape index (κ2) is 10.0. The van der Waals surface area contributed by atoms with Gasteiger partial charge >= 0.3 is 12.2 Å². The van der Waals surface area contributed by atoms with Gasteiger partial charge in [0.1, 0.15) is 17.6 Å². The van der Waals surface area contributed by atoms with Crippen LogP contribution in [0.25, 0.3) is 0 Å². The van der Waals surface area contributed by atoms with Gasteiger partial charge in [0.25, 0.3) is 0 Å². The topological polar surface area (TPSA) is 126 Å². The van der Waals surface area contributed by atoms with E-state index in [0.717, 1.165) is 10.0 Å². The minimum Gasteiger partial charge on any atom is -0.496 e. The van der Waals surface area contributed by atoms with Gasteiger partial charge in [-0.2, -0.15) is 0 Å². The Morgan fingerprint density at radius 3 is 2.41 bits per heavy atom. The number of ether oxygens (including phenoxy) is 5. The third-order valence-corrected chi connectivity index (χ3v) is 6.28. The number of carbonyl (C=O) groups excluding carboxylic acids is 2. The number of amides is 1. The maximum atomic E-state index is 11.8. The van der Waals surface area contributed by atoms with Gasteiger partial charge in [-0.15, -0.1) is 0 Å². The van der Waals surface area contributed by atoms with Crippen molar-refractivity contribution in [2.45, 2.75) is 25.7 Å². The lowest BCUT2D eigenvalue weighted by Crippen LogP contribution is -2.44. The van der Waals surface area contributed by atoms with Crippen molar-refractivity contribution >= 4 is 38.0 Å². The van der Waals surface area contributed by atoms with Gasteiger partial charge in [0.15, 0.2) is 9.84 Å². The number of hydrogen-bond acceptors (Lipinski definition) is 9. The van der Waals surface area contributed by atoms with E-state index in [2.05, 4.69) is 21.2 Å². The number of methoxy groups -OCH3 is 2. The SMILES string of the molecule is COc1cc(CCNC(=O)OC(C)OC(=O)OC2CS(=O)(=O)C2)c(OC)cc1Br. The molecule has 1 unspecified atom stereocenters. The lowest BCUT2D eigenvalue weighted by atomic mass is 10.1. The Balaban J connectivity index is 1.73. The van der Waals surface area contributed by atoms with Gasteiger partial charge < -0.3 is 29.0 Å². The average molecular weight is 496 g/mol. The second-order valence-electron chi connectivity index (χ2n) is 6.13. The molecule has 0 aliphatic carbocycles. The van der Waals surface area contributed by atoms with Crippen LogP contribution in [-0.4, -0.2) is 65.3 Å². The summed E-state index contributed by atoms with van der Waals surface area (Å²) in [5, 5.41) is 2.53. The van der Waals surface area contributed by atoms with Crippen LogP contribution in [0.15, 0.2) is 16.6 Å². The molecule has 0 saturated carbocycles. The Bertz CT molecular complexity index is 847. The van der Waals surface area contributed by atoms with Crippen LogP contribution in [0.3, 0.4) is 0 Å². The fourth-order valence-electron chi connectivity index (χ4n) is 2.52. The summed E-state index contributed by atoms with van der Waals surface area (Å²) in [5.74, 6) is 0.790. The molecule has 1 aliphatic rings. The highest BCUT2D eigenvalue weighted by atomic mass is 79.9. The summed E-state index contributed by atoms with van der Waals surface area (Å²) in [7, 11) is -0.0344. The van der Waals surface area contributed by atoms with E-state index in [0.29, 0.717) is 17.9 Å². The lowest BCUT2D eigenvalue weighted by molar-refractivity contribution is -0.0804. The molecule has 1 fully saturated rings. The van der Waals surface area contributed by atoms with Crippen LogP contribution in [0.1, 0.15) is 12.5 Å². The van der Waals surface area contributed by atoms with Crippen molar-refractivity contribution in [1.29, 1.82) is 0 Å². The standard InChI is InChI=1S/C17H22BrNO9S/c1-10(27-17(21)28-12-8-29(22,23)9-12)26-16(20)19-5-4-11-6-15(25-3)13(18)7-14(11)24-2/h6-7,10,12H,4-5,8-9H2,1-3H3,(H,19,20). The normalized spacial score (nSPS) is 16.1. The van der Waals surface area contributed by atoms with E-state index in [1.54, 1.807) is 19.2 Å². The van der Waals surface area contributed by atoms with E-state index in [-0.39, 0.29) is 18.1 Å². The van der Waals surface area contributed by atoms with Gasteiger partial charge in [-0.05, 0) is 40.0 Å². The molecular formula is C17H22BrNO9S. The van der Waals surface area contributed by atoms with Crippen molar-refractivity contribution in [2.24, 2.45) is 0 Å². The number of benzene rings is 1. The molecular weight excluding hydrogens is 474 g/mol. The monoisotopic (exact) mass is 495 g/mol. The van der Waals surface area contributed by atoms with Gasteiger partial charge in [0, 0.05) is 13.5 Å². The largest absolute Gasteiger partial charge is 0.511 e. The molecule has 0 spiro atoms. The quantitative estimate of drug-likeness (QED) is 0.425. The molecule has 1 heterocycles. The van der Waals surface area contributed by atoms with E-state index in [9.17, 15) is 18.0 Å². The molecule has 1 aromatic rings. The number of sulfone groups is 1. The first-order chi connectivity index (χ1) is 13.6. The molecule has 0 aromatic heterocycles. The number of halogens is 1. The Hall–Kier alpha value is -2.21. The molecule has 12 heteroatoms. The lowest BCUT2D eigenvalue weighted by Gasteiger charge is -2.25. The number of carbonyl (C=O) groups is 2. The van der Waals surface area contributed by atoms with Crippen LogP contribution in [0, 0.1) is 0 Å². The second-order valence-corrected chi connectivity index (χ2v) is 9.14. The Kier molecular flexibility index (Phi) is 7.96. The molecule has 2 rings (SSSR count). The highest BCUT2D eigenvalue weighted by Gasteiger charge is 2.37. The minimum absolute atomic E-state index is 0.233. The van der Waals surface area contributed by atoms with E-state index < -0.39 is 34.5 Å². The van der Waals surface area contributed by atoms with E-state index in [1.165, 1.54) is 14.0 Å². The summed E-state index contributed by atoms with van der Waals surface area (Å²) in [4.78, 5) is 23.3. The summed E-state index contributed by atoms with van der Waals surface area (Å²) in [6, 6.07) is 3.56. The molecule has 1 N–H and O–H groups in total. The predicted octanol–water partition coefficient (Wildman–Crippen LogP) is 2.03. The first kappa shape index (κ1) is 23.1.